The van der Waals surface area contributed by atoms with Crippen LogP contribution in [-0.4, -0.2) is 62.7 Å². The van der Waals surface area contributed by atoms with E-state index in [1.54, 1.807) is 7.11 Å². The Hall–Kier alpha value is -1.39. The van der Waals surface area contributed by atoms with Crippen molar-refractivity contribution in [2.24, 2.45) is 0 Å². The minimum atomic E-state index is 0.193. The first-order chi connectivity index (χ1) is 10.0. The summed E-state index contributed by atoms with van der Waals surface area (Å²) in [5, 5.41) is 0. The Balaban J connectivity index is 2.12. The van der Waals surface area contributed by atoms with Crippen molar-refractivity contribution in [1.82, 2.24) is 9.80 Å². The number of methoxy groups -OCH3 is 1. The van der Waals surface area contributed by atoms with Gasteiger partial charge in [-0.2, -0.15) is 0 Å². The molecule has 4 heteroatoms. The average Bonchev–Trinajstić information content (AvgIpc) is 2.91. The molecule has 0 aromatic heterocycles. The highest BCUT2D eigenvalue weighted by Gasteiger charge is 2.36. The van der Waals surface area contributed by atoms with E-state index >= 15 is 0 Å². The molecular weight excluding hydrogens is 264 g/mol. The number of rotatable bonds is 5. The number of hydrogen-bond donors (Lipinski definition) is 0. The summed E-state index contributed by atoms with van der Waals surface area (Å²) in [6.07, 6.45) is 0.470. The first-order valence-corrected chi connectivity index (χ1v) is 7.52. The Kier molecular flexibility index (Phi) is 5.37. The van der Waals surface area contributed by atoms with Gasteiger partial charge in [0.25, 0.3) is 0 Å². The maximum atomic E-state index is 12.2. The van der Waals surface area contributed by atoms with E-state index in [2.05, 4.69) is 50.2 Å². The molecule has 1 heterocycles. The third-order valence-electron chi connectivity index (χ3n) is 4.33. The highest BCUT2D eigenvalue weighted by atomic mass is 16.5. The molecule has 1 amide bonds. The van der Waals surface area contributed by atoms with Crippen molar-refractivity contribution in [3.63, 3.8) is 0 Å². The smallest absolute Gasteiger partial charge is 0.224 e. The fraction of sp³-hybridized carbons (Fsp3) is 0.588. The number of nitrogens with zero attached hydrogens (tertiary/aromatic N) is 2. The third-order valence-corrected chi connectivity index (χ3v) is 4.33. The second-order valence-corrected chi connectivity index (χ2v) is 6.09. The summed E-state index contributed by atoms with van der Waals surface area (Å²) in [6, 6.07) is 9.06. The normalized spacial score (nSPS) is 22.0. The number of carbonyl (C=O) groups is 1. The SMILES string of the molecule is COCCC(=O)N1C[C@H](c2ccc(C)cc2)[C@@H](N(C)C)C1. The summed E-state index contributed by atoms with van der Waals surface area (Å²) in [5.41, 5.74) is 2.59. The van der Waals surface area contributed by atoms with Crippen LogP contribution >= 0.6 is 0 Å². The van der Waals surface area contributed by atoms with Gasteiger partial charge in [0.2, 0.25) is 5.91 Å². The summed E-state index contributed by atoms with van der Waals surface area (Å²) in [6.45, 7) is 4.20. The van der Waals surface area contributed by atoms with E-state index < -0.39 is 0 Å². The second-order valence-electron chi connectivity index (χ2n) is 6.09. The fourth-order valence-corrected chi connectivity index (χ4v) is 3.00. The van der Waals surface area contributed by atoms with Crippen LogP contribution in [0.25, 0.3) is 0 Å². The van der Waals surface area contributed by atoms with Crippen molar-refractivity contribution in [2.75, 3.05) is 40.9 Å². The topological polar surface area (TPSA) is 32.8 Å². The van der Waals surface area contributed by atoms with Crippen molar-refractivity contribution < 1.29 is 9.53 Å². The molecule has 1 aliphatic rings. The van der Waals surface area contributed by atoms with Crippen LogP contribution < -0.4 is 0 Å². The second kappa shape index (κ2) is 7.05. The Bertz CT molecular complexity index is 470. The van der Waals surface area contributed by atoms with E-state index in [4.69, 9.17) is 4.74 Å². The molecule has 0 unspecified atom stereocenters. The number of likely N-dealkylation sites (tertiary alicyclic amines) is 1. The highest BCUT2D eigenvalue weighted by molar-refractivity contribution is 5.76. The van der Waals surface area contributed by atoms with Crippen LogP contribution in [0.5, 0.6) is 0 Å². The summed E-state index contributed by atoms with van der Waals surface area (Å²) in [5.74, 6) is 0.574. The number of hydrogen-bond acceptors (Lipinski definition) is 3. The molecular formula is C17H26N2O2. The van der Waals surface area contributed by atoms with E-state index in [1.807, 2.05) is 4.90 Å². The molecule has 1 saturated heterocycles. The van der Waals surface area contributed by atoms with E-state index in [-0.39, 0.29) is 5.91 Å². The summed E-state index contributed by atoms with van der Waals surface area (Å²) >= 11 is 0. The zero-order valence-corrected chi connectivity index (χ0v) is 13.5. The maximum absolute atomic E-state index is 12.2. The summed E-state index contributed by atoms with van der Waals surface area (Å²) < 4.78 is 5.01. The molecule has 2 atom stereocenters. The zero-order chi connectivity index (χ0) is 15.4. The van der Waals surface area contributed by atoms with Gasteiger partial charge in [0.15, 0.2) is 0 Å². The number of carbonyl (C=O) groups excluding carboxylic acids is 1. The summed E-state index contributed by atoms with van der Waals surface area (Å²) in [4.78, 5) is 16.4. The van der Waals surface area contributed by atoms with Gasteiger partial charge in [0.05, 0.1) is 13.0 Å². The Morgan fingerprint density at radius 2 is 1.95 bits per heavy atom. The standard InChI is InChI=1S/C17H26N2O2/c1-13-5-7-14(8-6-13)15-11-19(12-16(15)18(2)3)17(20)9-10-21-4/h5-8,15-16H,9-12H2,1-4H3/t15-,16+/m1/s1. The van der Waals surface area contributed by atoms with Gasteiger partial charge in [-0.05, 0) is 26.6 Å². The van der Waals surface area contributed by atoms with E-state index in [1.165, 1.54) is 11.1 Å². The highest BCUT2D eigenvalue weighted by Crippen LogP contribution is 2.30. The van der Waals surface area contributed by atoms with E-state index in [0.29, 0.717) is 25.0 Å². The van der Waals surface area contributed by atoms with E-state index in [0.717, 1.165) is 13.1 Å². The van der Waals surface area contributed by atoms with Crippen molar-refractivity contribution in [3.05, 3.63) is 35.4 Å². The first kappa shape index (κ1) is 16.0. The van der Waals surface area contributed by atoms with Gasteiger partial charge in [-0.1, -0.05) is 29.8 Å². The molecule has 0 bridgehead atoms. The van der Waals surface area contributed by atoms with Crippen molar-refractivity contribution in [2.45, 2.75) is 25.3 Å². The number of likely N-dealkylation sites (N-methyl/N-ethyl adjacent to an activating group) is 1. The third kappa shape index (κ3) is 3.83. The lowest BCUT2D eigenvalue weighted by molar-refractivity contribution is -0.131. The van der Waals surface area contributed by atoms with Crippen LogP contribution in [0.1, 0.15) is 23.5 Å². The van der Waals surface area contributed by atoms with Crippen LogP contribution in [0.15, 0.2) is 24.3 Å². The van der Waals surface area contributed by atoms with Gasteiger partial charge in [0, 0.05) is 32.2 Å². The van der Waals surface area contributed by atoms with E-state index in [9.17, 15) is 4.79 Å². The molecule has 0 spiro atoms. The average molecular weight is 290 g/mol. The molecule has 4 nitrogen and oxygen atoms in total. The maximum Gasteiger partial charge on any atom is 0.224 e. The molecule has 1 aromatic carbocycles. The Morgan fingerprint density at radius 3 is 2.52 bits per heavy atom. The van der Waals surface area contributed by atoms with Crippen molar-refractivity contribution >= 4 is 5.91 Å². The van der Waals surface area contributed by atoms with Crippen LogP contribution in [0.4, 0.5) is 0 Å². The van der Waals surface area contributed by atoms with Gasteiger partial charge in [-0.25, -0.2) is 0 Å². The molecule has 0 aliphatic carbocycles. The van der Waals surface area contributed by atoms with Crippen LogP contribution in [0.2, 0.25) is 0 Å². The minimum Gasteiger partial charge on any atom is -0.384 e. The van der Waals surface area contributed by atoms with Crippen molar-refractivity contribution in [3.8, 4) is 0 Å². The number of ether oxygens (including phenoxy) is 1. The monoisotopic (exact) mass is 290 g/mol. The molecule has 2 rings (SSSR count). The van der Waals surface area contributed by atoms with Gasteiger partial charge in [-0.3, -0.25) is 4.79 Å². The van der Waals surface area contributed by atoms with Gasteiger partial charge < -0.3 is 14.5 Å². The number of amides is 1. The lowest BCUT2D eigenvalue weighted by atomic mass is 9.93. The number of aryl methyl sites for hydroxylation is 1. The number of benzene rings is 1. The largest absolute Gasteiger partial charge is 0.384 e. The van der Waals surface area contributed by atoms with Gasteiger partial charge in [-0.15, -0.1) is 0 Å². The molecule has 21 heavy (non-hydrogen) atoms. The predicted octanol–water partition coefficient (Wildman–Crippen LogP) is 1.89. The van der Waals surface area contributed by atoms with Crippen LogP contribution in [0, 0.1) is 6.92 Å². The van der Waals surface area contributed by atoms with Crippen LogP contribution in [-0.2, 0) is 9.53 Å². The molecule has 0 N–H and O–H groups in total. The Morgan fingerprint density at radius 1 is 1.29 bits per heavy atom. The summed E-state index contributed by atoms with van der Waals surface area (Å²) in [7, 11) is 5.82. The molecule has 0 saturated carbocycles. The van der Waals surface area contributed by atoms with Crippen molar-refractivity contribution in [1.29, 1.82) is 0 Å². The quantitative estimate of drug-likeness (QED) is 0.830. The minimum absolute atomic E-state index is 0.193. The first-order valence-electron chi connectivity index (χ1n) is 7.52. The lowest BCUT2D eigenvalue weighted by Gasteiger charge is -2.25. The fourth-order valence-electron chi connectivity index (χ4n) is 3.00. The molecule has 1 aromatic rings. The Labute approximate surface area is 127 Å². The molecule has 0 radical (unpaired) electrons. The van der Waals surface area contributed by atoms with Crippen LogP contribution in [0.3, 0.4) is 0 Å². The van der Waals surface area contributed by atoms with Gasteiger partial charge in [0.1, 0.15) is 0 Å². The lowest BCUT2D eigenvalue weighted by Crippen LogP contribution is -2.36. The molecule has 1 aliphatic heterocycles. The predicted molar refractivity (Wildman–Crippen MR) is 84.5 cm³/mol. The molecule has 1 fully saturated rings. The zero-order valence-electron chi connectivity index (χ0n) is 13.5. The van der Waals surface area contributed by atoms with Gasteiger partial charge >= 0.3 is 0 Å². The molecule has 116 valence electrons.